The van der Waals surface area contributed by atoms with Gasteiger partial charge in [-0.15, -0.1) is 0 Å². The Kier molecular flexibility index (Phi) is 6.95. The first kappa shape index (κ1) is 22.3. The molecule has 0 radical (unpaired) electrons. The second kappa shape index (κ2) is 9.64. The molecule has 2 unspecified atom stereocenters. The minimum atomic E-state index is -1.08. The summed E-state index contributed by atoms with van der Waals surface area (Å²) in [6, 6.07) is 15.2. The van der Waals surface area contributed by atoms with E-state index < -0.39 is 29.9 Å². The van der Waals surface area contributed by atoms with Gasteiger partial charge in [-0.05, 0) is 28.2 Å². The first-order chi connectivity index (χ1) is 14.8. The third-order valence-electron chi connectivity index (χ3n) is 5.57. The van der Waals surface area contributed by atoms with Crippen molar-refractivity contribution < 1.29 is 24.2 Å². The first-order valence-electron chi connectivity index (χ1n) is 10.4. The van der Waals surface area contributed by atoms with Crippen molar-refractivity contribution in [3.8, 4) is 11.1 Å². The largest absolute Gasteiger partial charge is 0.480 e. The minimum Gasteiger partial charge on any atom is -0.480 e. The number of carbonyl (C=O) groups is 3. The van der Waals surface area contributed by atoms with Crippen molar-refractivity contribution in [2.45, 2.75) is 32.7 Å². The van der Waals surface area contributed by atoms with Crippen molar-refractivity contribution in [3.63, 3.8) is 0 Å². The normalized spacial score (nSPS) is 14.3. The van der Waals surface area contributed by atoms with Gasteiger partial charge in [-0.3, -0.25) is 4.79 Å². The zero-order valence-corrected chi connectivity index (χ0v) is 17.9. The van der Waals surface area contributed by atoms with E-state index in [1.54, 1.807) is 20.8 Å². The summed E-state index contributed by atoms with van der Waals surface area (Å²) in [5.74, 6) is -2.40. The fourth-order valence-corrected chi connectivity index (χ4v) is 3.79. The molecular formula is C24H28N2O5. The number of rotatable bonds is 8. The molecule has 3 N–H and O–H groups in total. The average Bonchev–Trinajstić information content (AvgIpc) is 3.07. The van der Waals surface area contributed by atoms with Gasteiger partial charge in [-0.25, -0.2) is 9.59 Å². The van der Waals surface area contributed by atoms with Crippen molar-refractivity contribution in [3.05, 3.63) is 59.7 Å². The standard InChI is InChI=1S/C24H28N2O5/c1-14(2)21(23(28)29)26-22(27)15(3)12-25-24(30)31-13-20-18-10-6-4-8-16(18)17-9-5-7-11-19(17)20/h4-11,14-15,20-21H,12-13H2,1-3H3,(H,25,30)(H,26,27)(H,28,29). The summed E-state index contributed by atoms with van der Waals surface area (Å²) in [5, 5.41) is 14.3. The highest BCUT2D eigenvalue weighted by Crippen LogP contribution is 2.44. The smallest absolute Gasteiger partial charge is 0.407 e. The summed E-state index contributed by atoms with van der Waals surface area (Å²) < 4.78 is 5.45. The first-order valence-corrected chi connectivity index (χ1v) is 10.4. The molecule has 1 aliphatic rings. The molecule has 7 heteroatoms. The minimum absolute atomic E-state index is 0.0405. The Bertz CT molecular complexity index is 926. The molecule has 0 bridgehead atoms. The summed E-state index contributed by atoms with van der Waals surface area (Å²) in [5.41, 5.74) is 4.54. The van der Waals surface area contributed by atoms with E-state index in [0.29, 0.717) is 0 Å². The Labute approximate surface area is 181 Å². The molecule has 0 fully saturated rings. The number of benzene rings is 2. The number of nitrogens with one attached hydrogen (secondary N) is 2. The molecule has 7 nitrogen and oxygen atoms in total. The maximum Gasteiger partial charge on any atom is 0.407 e. The predicted octanol–water partition coefficient (Wildman–Crippen LogP) is 3.39. The number of carboxylic acids is 1. The van der Waals surface area contributed by atoms with E-state index in [2.05, 4.69) is 22.8 Å². The SMILES string of the molecule is CC(CNC(=O)OCC1c2ccccc2-c2ccccc21)C(=O)NC(C(=O)O)C(C)C. The monoisotopic (exact) mass is 424 g/mol. The van der Waals surface area contributed by atoms with Gasteiger partial charge in [0, 0.05) is 12.5 Å². The lowest BCUT2D eigenvalue weighted by molar-refractivity contribution is -0.143. The van der Waals surface area contributed by atoms with Gasteiger partial charge in [-0.1, -0.05) is 69.3 Å². The molecule has 31 heavy (non-hydrogen) atoms. The second-order valence-corrected chi connectivity index (χ2v) is 8.18. The van der Waals surface area contributed by atoms with Crippen LogP contribution in [-0.4, -0.2) is 42.3 Å². The number of aliphatic carboxylic acids is 1. The molecule has 0 aromatic heterocycles. The van der Waals surface area contributed by atoms with Gasteiger partial charge in [0.05, 0.1) is 5.92 Å². The van der Waals surface area contributed by atoms with E-state index in [1.807, 2.05) is 36.4 Å². The number of amides is 2. The number of carboxylic acid groups (broad SMARTS) is 1. The van der Waals surface area contributed by atoms with Gasteiger partial charge < -0.3 is 20.5 Å². The molecule has 164 valence electrons. The fraction of sp³-hybridized carbons (Fsp3) is 0.375. The number of fused-ring (bicyclic) bond motifs is 3. The van der Waals surface area contributed by atoms with E-state index in [4.69, 9.17) is 4.74 Å². The lowest BCUT2D eigenvalue weighted by Gasteiger charge is -2.21. The zero-order valence-electron chi connectivity index (χ0n) is 17.9. The van der Waals surface area contributed by atoms with Gasteiger partial charge in [0.1, 0.15) is 12.6 Å². The second-order valence-electron chi connectivity index (χ2n) is 8.18. The van der Waals surface area contributed by atoms with Gasteiger partial charge in [0.25, 0.3) is 0 Å². The third kappa shape index (κ3) is 5.05. The van der Waals surface area contributed by atoms with Crippen LogP contribution >= 0.6 is 0 Å². The average molecular weight is 424 g/mol. The molecule has 0 spiro atoms. The van der Waals surface area contributed by atoms with E-state index >= 15 is 0 Å². The maximum atomic E-state index is 12.2. The van der Waals surface area contributed by atoms with Crippen molar-refractivity contribution in [2.24, 2.45) is 11.8 Å². The Morgan fingerprint density at radius 1 is 0.968 bits per heavy atom. The number of alkyl carbamates (subject to hydrolysis) is 1. The molecule has 2 amide bonds. The molecule has 0 saturated heterocycles. The Hall–Kier alpha value is -3.35. The van der Waals surface area contributed by atoms with Gasteiger partial charge in [0.2, 0.25) is 5.91 Å². The Morgan fingerprint density at radius 3 is 2.03 bits per heavy atom. The zero-order chi connectivity index (χ0) is 22.5. The van der Waals surface area contributed by atoms with E-state index in [0.717, 1.165) is 22.3 Å². The van der Waals surface area contributed by atoms with Crippen LogP contribution in [0.1, 0.15) is 37.8 Å². The van der Waals surface area contributed by atoms with Crippen molar-refractivity contribution >= 4 is 18.0 Å². The Balaban J connectivity index is 1.53. The van der Waals surface area contributed by atoms with Crippen molar-refractivity contribution in [1.29, 1.82) is 0 Å². The van der Waals surface area contributed by atoms with Crippen molar-refractivity contribution in [1.82, 2.24) is 10.6 Å². The Morgan fingerprint density at radius 2 is 1.52 bits per heavy atom. The van der Waals surface area contributed by atoms with Crippen LogP contribution in [0.5, 0.6) is 0 Å². The van der Waals surface area contributed by atoms with Crippen LogP contribution in [0.4, 0.5) is 4.79 Å². The van der Waals surface area contributed by atoms with Gasteiger partial charge >= 0.3 is 12.1 Å². The molecule has 0 heterocycles. The van der Waals surface area contributed by atoms with Crippen LogP contribution in [-0.2, 0) is 14.3 Å². The topological polar surface area (TPSA) is 105 Å². The fourth-order valence-electron chi connectivity index (χ4n) is 3.79. The summed E-state index contributed by atoms with van der Waals surface area (Å²) in [7, 11) is 0. The van der Waals surface area contributed by atoms with Crippen molar-refractivity contribution in [2.75, 3.05) is 13.2 Å². The highest BCUT2D eigenvalue weighted by atomic mass is 16.5. The quantitative estimate of drug-likeness (QED) is 0.603. The number of ether oxygens (including phenoxy) is 1. The molecule has 0 saturated carbocycles. The number of carbonyl (C=O) groups excluding carboxylic acids is 2. The van der Waals surface area contributed by atoms with Gasteiger partial charge in [-0.2, -0.15) is 0 Å². The maximum absolute atomic E-state index is 12.2. The summed E-state index contributed by atoms with van der Waals surface area (Å²) >= 11 is 0. The molecule has 2 aromatic rings. The predicted molar refractivity (Wildman–Crippen MR) is 117 cm³/mol. The molecule has 2 aromatic carbocycles. The summed E-state index contributed by atoms with van der Waals surface area (Å²) in [4.78, 5) is 35.7. The lowest BCUT2D eigenvalue weighted by Crippen LogP contribution is -2.48. The summed E-state index contributed by atoms with van der Waals surface area (Å²) in [6.07, 6.45) is -0.611. The van der Waals surface area contributed by atoms with Crippen LogP contribution in [0.15, 0.2) is 48.5 Å². The van der Waals surface area contributed by atoms with E-state index in [1.165, 1.54) is 0 Å². The lowest BCUT2D eigenvalue weighted by atomic mass is 9.98. The highest BCUT2D eigenvalue weighted by molar-refractivity contribution is 5.85. The third-order valence-corrected chi connectivity index (χ3v) is 5.57. The van der Waals surface area contributed by atoms with Crippen LogP contribution in [0.25, 0.3) is 11.1 Å². The van der Waals surface area contributed by atoms with Crippen LogP contribution in [0.2, 0.25) is 0 Å². The van der Waals surface area contributed by atoms with Crippen LogP contribution in [0.3, 0.4) is 0 Å². The number of hydrogen-bond acceptors (Lipinski definition) is 4. The van der Waals surface area contributed by atoms with Crippen LogP contribution in [0, 0.1) is 11.8 Å². The molecule has 1 aliphatic carbocycles. The van der Waals surface area contributed by atoms with Crippen LogP contribution < -0.4 is 10.6 Å². The highest BCUT2D eigenvalue weighted by Gasteiger charge is 2.29. The van der Waals surface area contributed by atoms with E-state index in [9.17, 15) is 19.5 Å². The van der Waals surface area contributed by atoms with E-state index in [-0.39, 0.29) is 25.0 Å². The molecular weight excluding hydrogens is 396 g/mol. The molecule has 2 atom stereocenters. The summed E-state index contributed by atoms with van der Waals surface area (Å²) in [6.45, 7) is 5.30. The van der Waals surface area contributed by atoms with Gasteiger partial charge in [0.15, 0.2) is 0 Å². The molecule has 0 aliphatic heterocycles. The molecule has 3 rings (SSSR count). The number of hydrogen-bond donors (Lipinski definition) is 3.